The Morgan fingerprint density at radius 2 is 2.12 bits per heavy atom. The molecule has 2 aromatic rings. The van der Waals surface area contributed by atoms with Crippen LogP contribution in [0.3, 0.4) is 0 Å². The second-order valence-electron chi connectivity index (χ2n) is 6.97. The molecule has 130 valence electrons. The third-order valence-electron chi connectivity index (χ3n) is 5.31. The summed E-state index contributed by atoms with van der Waals surface area (Å²) in [7, 11) is 1.96. The van der Waals surface area contributed by atoms with Gasteiger partial charge >= 0.3 is 0 Å². The Labute approximate surface area is 146 Å². The quantitative estimate of drug-likeness (QED) is 0.853. The van der Waals surface area contributed by atoms with Gasteiger partial charge in [0.15, 0.2) is 10.8 Å². The average molecular weight is 347 g/mol. The summed E-state index contributed by atoms with van der Waals surface area (Å²) < 4.78 is 3.08. The zero-order chi connectivity index (χ0) is 16.7. The fraction of sp³-hybridized carbons (Fsp3) is 0.706. The number of piperidine rings is 1. The van der Waals surface area contributed by atoms with E-state index < -0.39 is 0 Å². The van der Waals surface area contributed by atoms with E-state index in [9.17, 15) is 4.79 Å². The van der Waals surface area contributed by atoms with E-state index in [1.807, 2.05) is 16.6 Å². The minimum atomic E-state index is 0.332. The largest absolute Gasteiger partial charge is 0.345 e. The van der Waals surface area contributed by atoms with Crippen LogP contribution in [0.2, 0.25) is 0 Å². The molecule has 0 saturated carbocycles. The number of rotatable bonds is 4. The van der Waals surface area contributed by atoms with Crippen LogP contribution in [0.5, 0.6) is 0 Å². The number of anilines is 1. The van der Waals surface area contributed by atoms with Gasteiger partial charge in [0.2, 0.25) is 5.91 Å². The van der Waals surface area contributed by atoms with Crippen molar-refractivity contribution in [3.63, 3.8) is 0 Å². The van der Waals surface area contributed by atoms with Crippen LogP contribution in [0.25, 0.3) is 10.3 Å². The van der Waals surface area contributed by atoms with E-state index in [1.54, 1.807) is 11.3 Å². The average Bonchev–Trinajstić information content (AvgIpc) is 3.25. The van der Waals surface area contributed by atoms with E-state index in [4.69, 9.17) is 4.98 Å². The van der Waals surface area contributed by atoms with Gasteiger partial charge in [-0.2, -0.15) is 5.10 Å². The number of carbonyl (C=O) groups excluding carboxylic acids is 1. The third kappa shape index (κ3) is 2.79. The maximum atomic E-state index is 11.8. The molecule has 1 amide bonds. The van der Waals surface area contributed by atoms with E-state index >= 15 is 0 Å². The Hall–Kier alpha value is -1.63. The van der Waals surface area contributed by atoms with Gasteiger partial charge in [0.05, 0.1) is 10.4 Å². The Morgan fingerprint density at radius 3 is 2.88 bits per heavy atom. The Bertz CT molecular complexity index is 717. The van der Waals surface area contributed by atoms with Crippen LogP contribution in [-0.4, -0.2) is 51.2 Å². The highest BCUT2D eigenvalue weighted by Crippen LogP contribution is 2.35. The van der Waals surface area contributed by atoms with Crippen molar-refractivity contribution in [2.24, 2.45) is 7.05 Å². The van der Waals surface area contributed by atoms with Crippen molar-refractivity contribution in [2.75, 3.05) is 24.5 Å². The second-order valence-corrected chi connectivity index (χ2v) is 7.95. The monoisotopic (exact) mass is 347 g/mol. The van der Waals surface area contributed by atoms with Gasteiger partial charge in [-0.25, -0.2) is 9.67 Å². The molecule has 1 atom stereocenters. The minimum absolute atomic E-state index is 0.332. The lowest BCUT2D eigenvalue weighted by Crippen LogP contribution is -2.42. The molecule has 0 spiro atoms. The number of fused-ring (bicyclic) bond motifs is 1. The van der Waals surface area contributed by atoms with Gasteiger partial charge < -0.3 is 9.80 Å². The molecule has 2 fully saturated rings. The number of nitrogens with zero attached hydrogens (tertiary/aromatic N) is 5. The maximum Gasteiger partial charge on any atom is 0.222 e. The van der Waals surface area contributed by atoms with Gasteiger partial charge in [0.1, 0.15) is 0 Å². The summed E-state index contributed by atoms with van der Waals surface area (Å²) in [6, 6.07) is 0.501. The summed E-state index contributed by atoms with van der Waals surface area (Å²) in [5.41, 5.74) is 2.05. The van der Waals surface area contributed by atoms with Crippen molar-refractivity contribution in [2.45, 2.75) is 51.5 Å². The van der Waals surface area contributed by atoms with Crippen LogP contribution in [0.1, 0.15) is 44.2 Å². The molecule has 0 N–H and O–H groups in total. The van der Waals surface area contributed by atoms with E-state index in [0.29, 0.717) is 11.9 Å². The molecule has 6 nitrogen and oxygen atoms in total. The third-order valence-corrected chi connectivity index (χ3v) is 6.50. The van der Waals surface area contributed by atoms with E-state index in [2.05, 4.69) is 16.9 Å². The van der Waals surface area contributed by atoms with E-state index in [0.717, 1.165) is 55.4 Å². The summed E-state index contributed by atoms with van der Waals surface area (Å²) in [5, 5.41) is 5.58. The fourth-order valence-electron chi connectivity index (χ4n) is 3.99. The molecular weight excluding hydrogens is 322 g/mol. The first-order valence-electron chi connectivity index (χ1n) is 8.98. The van der Waals surface area contributed by atoms with Crippen LogP contribution in [-0.2, 0) is 11.8 Å². The van der Waals surface area contributed by atoms with Gasteiger partial charge in [-0.1, -0.05) is 11.3 Å². The molecule has 2 saturated heterocycles. The van der Waals surface area contributed by atoms with Gasteiger partial charge in [-0.3, -0.25) is 4.79 Å². The summed E-state index contributed by atoms with van der Waals surface area (Å²) in [4.78, 5) is 21.2. The van der Waals surface area contributed by atoms with Crippen molar-refractivity contribution in [1.29, 1.82) is 0 Å². The second kappa shape index (κ2) is 6.35. The Morgan fingerprint density at radius 1 is 1.25 bits per heavy atom. The number of hydrogen-bond acceptors (Lipinski definition) is 5. The highest BCUT2D eigenvalue weighted by molar-refractivity contribution is 7.22. The molecule has 2 aliphatic rings. The lowest BCUT2D eigenvalue weighted by Gasteiger charge is -2.36. The number of amides is 1. The Balaban J connectivity index is 1.52. The normalized spacial score (nSPS) is 22.1. The first-order valence-corrected chi connectivity index (χ1v) is 9.79. The summed E-state index contributed by atoms with van der Waals surface area (Å²) >= 11 is 1.76. The minimum Gasteiger partial charge on any atom is -0.345 e. The number of likely N-dealkylation sites (tertiary alicyclic amines) is 1. The first kappa shape index (κ1) is 15.9. The number of aryl methyl sites for hydroxylation is 2. The topological polar surface area (TPSA) is 54.3 Å². The van der Waals surface area contributed by atoms with Gasteiger partial charge in [-0.15, -0.1) is 0 Å². The highest BCUT2D eigenvalue weighted by Gasteiger charge is 2.28. The number of carbonyl (C=O) groups is 1. The molecule has 4 rings (SSSR count). The van der Waals surface area contributed by atoms with Crippen LogP contribution < -0.4 is 4.90 Å². The summed E-state index contributed by atoms with van der Waals surface area (Å²) in [6.45, 7) is 4.96. The predicted molar refractivity (Wildman–Crippen MR) is 96.5 cm³/mol. The molecular formula is C17H25N5OS. The molecule has 2 aliphatic heterocycles. The number of thiazole rings is 1. The summed E-state index contributed by atoms with van der Waals surface area (Å²) in [5.74, 6) is 0.332. The van der Waals surface area contributed by atoms with Crippen molar-refractivity contribution < 1.29 is 4.79 Å². The smallest absolute Gasteiger partial charge is 0.222 e. The molecule has 0 bridgehead atoms. The zero-order valence-electron chi connectivity index (χ0n) is 14.5. The van der Waals surface area contributed by atoms with E-state index in [-0.39, 0.29) is 0 Å². The van der Waals surface area contributed by atoms with Crippen molar-refractivity contribution in [3.05, 3.63) is 5.69 Å². The van der Waals surface area contributed by atoms with Gasteiger partial charge in [0.25, 0.3) is 0 Å². The fourth-order valence-corrected chi connectivity index (χ4v) is 5.12. The lowest BCUT2D eigenvalue weighted by atomic mass is 10.00. The molecule has 0 aliphatic carbocycles. The molecule has 7 heteroatoms. The van der Waals surface area contributed by atoms with Crippen molar-refractivity contribution >= 4 is 32.7 Å². The number of aromatic nitrogens is 3. The number of hydrogen-bond donors (Lipinski definition) is 0. The van der Waals surface area contributed by atoms with Crippen molar-refractivity contribution in [1.82, 2.24) is 19.7 Å². The van der Waals surface area contributed by atoms with Crippen LogP contribution in [0, 0.1) is 6.92 Å². The lowest BCUT2D eigenvalue weighted by molar-refractivity contribution is -0.127. The zero-order valence-corrected chi connectivity index (χ0v) is 15.3. The van der Waals surface area contributed by atoms with Crippen LogP contribution in [0.4, 0.5) is 5.13 Å². The molecule has 0 radical (unpaired) electrons. The van der Waals surface area contributed by atoms with Crippen LogP contribution in [0.15, 0.2) is 0 Å². The van der Waals surface area contributed by atoms with Crippen LogP contribution >= 0.6 is 11.3 Å². The molecule has 0 aromatic carbocycles. The molecule has 24 heavy (non-hydrogen) atoms. The molecule has 2 aromatic heterocycles. The Kier molecular flexibility index (Phi) is 4.20. The van der Waals surface area contributed by atoms with Gasteiger partial charge in [0, 0.05) is 39.1 Å². The van der Waals surface area contributed by atoms with Gasteiger partial charge in [-0.05, 0) is 39.0 Å². The maximum absolute atomic E-state index is 11.8. The first-order chi connectivity index (χ1) is 11.6. The summed E-state index contributed by atoms with van der Waals surface area (Å²) in [6.07, 6.45) is 6.52. The van der Waals surface area contributed by atoms with Crippen molar-refractivity contribution in [3.8, 4) is 0 Å². The molecule has 4 heterocycles. The SMILES string of the molecule is Cc1nn(C)c2nc(N3CCCC[C@H]3CCN3CCCC3=O)sc12. The standard InChI is InChI=1S/C17H25N5OS/c1-12-15-16(20(2)19-12)18-17(24-15)22-10-4-3-6-13(22)8-11-21-9-5-7-14(21)23/h13H,3-11H2,1-2H3/t13-/m0/s1. The highest BCUT2D eigenvalue weighted by atomic mass is 32.1. The molecule has 0 unspecified atom stereocenters. The predicted octanol–water partition coefficient (Wildman–Crippen LogP) is 2.71. The van der Waals surface area contributed by atoms with E-state index in [1.165, 1.54) is 24.0 Å².